The van der Waals surface area contributed by atoms with Crippen LogP contribution in [0.1, 0.15) is 42.5 Å². The number of anilines is 2. The normalized spacial score (nSPS) is 14.0. The Morgan fingerprint density at radius 1 is 0.833 bits per heavy atom. The highest BCUT2D eigenvalue weighted by Crippen LogP contribution is 2.38. The zero-order valence-corrected chi connectivity index (χ0v) is 17.6. The van der Waals surface area contributed by atoms with Crippen molar-refractivity contribution in [2.45, 2.75) is 32.1 Å². The number of methoxy groups -OCH3 is 3. The third kappa shape index (κ3) is 5.03. The summed E-state index contributed by atoms with van der Waals surface area (Å²) in [7, 11) is 4.50. The van der Waals surface area contributed by atoms with E-state index in [0.717, 1.165) is 25.7 Å². The second-order valence-corrected chi connectivity index (χ2v) is 7.27. The quantitative estimate of drug-likeness (QED) is 0.700. The molecule has 0 radical (unpaired) electrons. The number of amides is 2. The Bertz CT molecular complexity index is 881. The molecule has 160 valence electrons. The Kier molecular flexibility index (Phi) is 7.17. The van der Waals surface area contributed by atoms with E-state index in [2.05, 4.69) is 10.6 Å². The van der Waals surface area contributed by atoms with Crippen molar-refractivity contribution >= 4 is 23.2 Å². The number of ether oxygens (including phenoxy) is 3. The highest BCUT2D eigenvalue weighted by molar-refractivity contribution is 6.05. The maximum absolute atomic E-state index is 12.8. The van der Waals surface area contributed by atoms with Crippen molar-refractivity contribution in [3.63, 3.8) is 0 Å². The van der Waals surface area contributed by atoms with E-state index >= 15 is 0 Å². The summed E-state index contributed by atoms with van der Waals surface area (Å²) in [6, 6.07) is 10.3. The summed E-state index contributed by atoms with van der Waals surface area (Å²) in [5, 5.41) is 5.82. The van der Waals surface area contributed by atoms with Crippen molar-refractivity contribution in [2.24, 2.45) is 5.92 Å². The summed E-state index contributed by atoms with van der Waals surface area (Å²) < 4.78 is 15.9. The third-order valence-corrected chi connectivity index (χ3v) is 5.29. The van der Waals surface area contributed by atoms with Gasteiger partial charge in [0.05, 0.1) is 21.3 Å². The van der Waals surface area contributed by atoms with Gasteiger partial charge < -0.3 is 24.8 Å². The molecule has 0 spiro atoms. The van der Waals surface area contributed by atoms with Crippen LogP contribution in [-0.2, 0) is 4.79 Å². The standard InChI is InChI=1S/C23H28N2O5/c1-28-19-12-16(13-20(29-2)21(19)30-3)23(27)25-18-11-7-10-17(14-18)24-22(26)15-8-5-4-6-9-15/h7,10-15H,4-6,8-9H2,1-3H3,(H,24,26)(H,25,27). The van der Waals surface area contributed by atoms with Gasteiger partial charge in [0.1, 0.15) is 0 Å². The molecule has 0 heterocycles. The number of carbonyl (C=O) groups is 2. The first-order valence-corrected chi connectivity index (χ1v) is 10.1. The summed E-state index contributed by atoms with van der Waals surface area (Å²) >= 11 is 0. The van der Waals surface area contributed by atoms with Gasteiger partial charge in [-0.25, -0.2) is 0 Å². The molecule has 0 unspecified atom stereocenters. The van der Waals surface area contributed by atoms with E-state index in [1.807, 2.05) is 6.07 Å². The largest absolute Gasteiger partial charge is 0.493 e. The molecule has 2 N–H and O–H groups in total. The van der Waals surface area contributed by atoms with Gasteiger partial charge in [-0.05, 0) is 43.2 Å². The van der Waals surface area contributed by atoms with Gasteiger partial charge in [-0.15, -0.1) is 0 Å². The average Bonchev–Trinajstić information content (AvgIpc) is 2.78. The van der Waals surface area contributed by atoms with Crippen LogP contribution in [0.15, 0.2) is 36.4 Å². The molecule has 1 saturated carbocycles. The van der Waals surface area contributed by atoms with Gasteiger partial charge in [0.25, 0.3) is 5.91 Å². The number of carbonyl (C=O) groups excluding carboxylic acids is 2. The van der Waals surface area contributed by atoms with Crippen molar-refractivity contribution in [1.29, 1.82) is 0 Å². The fraction of sp³-hybridized carbons (Fsp3) is 0.391. The number of hydrogen-bond donors (Lipinski definition) is 2. The second kappa shape index (κ2) is 10.0. The molecule has 1 fully saturated rings. The van der Waals surface area contributed by atoms with E-state index < -0.39 is 0 Å². The van der Waals surface area contributed by atoms with Gasteiger partial charge in [-0.3, -0.25) is 9.59 Å². The second-order valence-electron chi connectivity index (χ2n) is 7.27. The summed E-state index contributed by atoms with van der Waals surface area (Å²) in [5.41, 5.74) is 1.60. The van der Waals surface area contributed by atoms with Crippen molar-refractivity contribution in [3.8, 4) is 17.2 Å². The highest BCUT2D eigenvalue weighted by Gasteiger charge is 2.21. The fourth-order valence-electron chi connectivity index (χ4n) is 3.70. The van der Waals surface area contributed by atoms with Crippen LogP contribution in [0.4, 0.5) is 11.4 Å². The first-order valence-electron chi connectivity index (χ1n) is 10.1. The molecule has 2 aromatic rings. The van der Waals surface area contributed by atoms with Gasteiger partial charge >= 0.3 is 0 Å². The minimum Gasteiger partial charge on any atom is -0.493 e. The Balaban J connectivity index is 1.73. The number of hydrogen-bond acceptors (Lipinski definition) is 5. The molecular formula is C23H28N2O5. The molecule has 0 saturated heterocycles. The zero-order chi connectivity index (χ0) is 21.5. The molecular weight excluding hydrogens is 384 g/mol. The van der Waals surface area contributed by atoms with Crippen molar-refractivity contribution in [1.82, 2.24) is 0 Å². The minimum absolute atomic E-state index is 0.0443. The first kappa shape index (κ1) is 21.5. The topological polar surface area (TPSA) is 85.9 Å². The van der Waals surface area contributed by atoms with Gasteiger partial charge in [-0.2, -0.15) is 0 Å². The van der Waals surface area contributed by atoms with E-state index in [1.54, 1.807) is 30.3 Å². The summed E-state index contributed by atoms with van der Waals surface area (Å²) in [6.45, 7) is 0. The van der Waals surface area contributed by atoms with Crippen LogP contribution in [-0.4, -0.2) is 33.1 Å². The molecule has 1 aliphatic rings. The highest BCUT2D eigenvalue weighted by atomic mass is 16.5. The molecule has 1 aliphatic carbocycles. The van der Waals surface area contributed by atoms with Crippen molar-refractivity contribution in [3.05, 3.63) is 42.0 Å². The Morgan fingerprint density at radius 2 is 1.43 bits per heavy atom. The smallest absolute Gasteiger partial charge is 0.255 e. The SMILES string of the molecule is COc1cc(C(=O)Nc2cccc(NC(=O)C3CCCCC3)c2)cc(OC)c1OC. The molecule has 30 heavy (non-hydrogen) atoms. The molecule has 0 bridgehead atoms. The first-order chi connectivity index (χ1) is 14.5. The number of nitrogens with one attached hydrogen (secondary N) is 2. The predicted octanol–water partition coefficient (Wildman–Crippen LogP) is 4.48. The van der Waals surface area contributed by atoms with Crippen LogP contribution in [0.25, 0.3) is 0 Å². The van der Waals surface area contributed by atoms with E-state index in [-0.39, 0.29) is 17.7 Å². The van der Waals surface area contributed by atoms with Gasteiger partial charge in [-0.1, -0.05) is 25.3 Å². The average molecular weight is 412 g/mol. The summed E-state index contributed by atoms with van der Waals surface area (Å²) in [4.78, 5) is 25.3. The summed E-state index contributed by atoms with van der Waals surface area (Å²) in [5.74, 6) is 0.999. The maximum Gasteiger partial charge on any atom is 0.255 e. The van der Waals surface area contributed by atoms with Crippen LogP contribution >= 0.6 is 0 Å². The fourth-order valence-corrected chi connectivity index (χ4v) is 3.70. The predicted molar refractivity (Wildman–Crippen MR) is 116 cm³/mol. The van der Waals surface area contributed by atoms with Crippen LogP contribution < -0.4 is 24.8 Å². The molecule has 0 aromatic heterocycles. The molecule has 7 heteroatoms. The lowest BCUT2D eigenvalue weighted by atomic mass is 9.88. The molecule has 0 aliphatic heterocycles. The lowest BCUT2D eigenvalue weighted by Crippen LogP contribution is -2.24. The maximum atomic E-state index is 12.8. The molecule has 0 atom stereocenters. The van der Waals surface area contributed by atoms with E-state index in [9.17, 15) is 9.59 Å². The van der Waals surface area contributed by atoms with E-state index in [1.165, 1.54) is 27.8 Å². The van der Waals surface area contributed by atoms with Crippen molar-refractivity contribution in [2.75, 3.05) is 32.0 Å². The number of rotatable bonds is 7. The lowest BCUT2D eigenvalue weighted by molar-refractivity contribution is -0.120. The van der Waals surface area contributed by atoms with Crippen LogP contribution in [0, 0.1) is 5.92 Å². The zero-order valence-electron chi connectivity index (χ0n) is 17.6. The third-order valence-electron chi connectivity index (χ3n) is 5.29. The van der Waals surface area contributed by atoms with Gasteiger partial charge in [0.15, 0.2) is 11.5 Å². The number of benzene rings is 2. The van der Waals surface area contributed by atoms with E-state index in [4.69, 9.17) is 14.2 Å². The molecule has 2 amide bonds. The van der Waals surface area contributed by atoms with E-state index in [0.29, 0.717) is 34.2 Å². The minimum atomic E-state index is -0.329. The Labute approximate surface area is 176 Å². The van der Waals surface area contributed by atoms with Crippen LogP contribution in [0.3, 0.4) is 0 Å². The monoisotopic (exact) mass is 412 g/mol. The van der Waals surface area contributed by atoms with Gasteiger partial charge in [0, 0.05) is 22.9 Å². The van der Waals surface area contributed by atoms with Crippen LogP contribution in [0.2, 0.25) is 0 Å². The summed E-state index contributed by atoms with van der Waals surface area (Å²) in [6.07, 6.45) is 5.27. The Morgan fingerprint density at radius 3 is 2.00 bits per heavy atom. The van der Waals surface area contributed by atoms with Gasteiger partial charge in [0.2, 0.25) is 11.7 Å². The van der Waals surface area contributed by atoms with Crippen LogP contribution in [0.5, 0.6) is 17.2 Å². The molecule has 3 rings (SSSR count). The Hall–Kier alpha value is -3.22. The van der Waals surface area contributed by atoms with Crippen molar-refractivity contribution < 1.29 is 23.8 Å². The molecule has 7 nitrogen and oxygen atoms in total. The lowest BCUT2D eigenvalue weighted by Gasteiger charge is -2.21. The molecule has 2 aromatic carbocycles.